The summed E-state index contributed by atoms with van der Waals surface area (Å²) < 4.78 is 0. The molecule has 1 amide bonds. The summed E-state index contributed by atoms with van der Waals surface area (Å²) in [5.74, 6) is 0.449. The van der Waals surface area contributed by atoms with Gasteiger partial charge >= 0.3 is 0 Å². The lowest BCUT2D eigenvalue weighted by Crippen LogP contribution is -2.51. The lowest BCUT2D eigenvalue weighted by atomic mass is 9.82. The molecule has 0 saturated heterocycles. The van der Waals surface area contributed by atoms with E-state index in [-0.39, 0.29) is 11.4 Å². The van der Waals surface area contributed by atoms with E-state index in [4.69, 9.17) is 5.73 Å². The second-order valence-electron chi connectivity index (χ2n) is 6.27. The molecular formula is C18H22N4O. The van der Waals surface area contributed by atoms with Gasteiger partial charge in [-0.05, 0) is 12.8 Å². The Bertz CT molecular complexity index is 648. The molecule has 1 aliphatic carbocycles. The maximum atomic E-state index is 12.2. The highest BCUT2D eigenvalue weighted by Gasteiger charge is 2.27. The molecule has 0 radical (unpaired) electrons. The average molecular weight is 310 g/mol. The fraction of sp³-hybridized carbons (Fsp3) is 0.389. The van der Waals surface area contributed by atoms with Crippen molar-refractivity contribution in [2.75, 3.05) is 6.54 Å². The first-order chi connectivity index (χ1) is 11.2. The van der Waals surface area contributed by atoms with Gasteiger partial charge in [-0.15, -0.1) is 0 Å². The molecule has 5 heteroatoms. The zero-order valence-corrected chi connectivity index (χ0v) is 13.2. The fourth-order valence-electron chi connectivity index (χ4n) is 2.97. The molecular weight excluding hydrogens is 288 g/mol. The van der Waals surface area contributed by atoms with Crippen molar-refractivity contribution in [3.8, 4) is 11.4 Å². The third-order valence-electron chi connectivity index (χ3n) is 4.40. The number of amides is 1. The quantitative estimate of drug-likeness (QED) is 0.909. The molecule has 1 saturated carbocycles. The van der Waals surface area contributed by atoms with Crippen molar-refractivity contribution >= 4 is 5.91 Å². The fourth-order valence-corrected chi connectivity index (χ4v) is 2.97. The van der Waals surface area contributed by atoms with Gasteiger partial charge in [0.15, 0.2) is 5.82 Å². The Kier molecular flexibility index (Phi) is 4.67. The molecule has 23 heavy (non-hydrogen) atoms. The predicted octanol–water partition coefficient (Wildman–Crippen LogP) is 2.54. The zero-order valence-electron chi connectivity index (χ0n) is 13.2. The molecule has 0 spiro atoms. The van der Waals surface area contributed by atoms with E-state index in [0.29, 0.717) is 17.9 Å². The van der Waals surface area contributed by atoms with Crippen LogP contribution in [0.5, 0.6) is 0 Å². The number of carbonyl (C=O) groups is 1. The lowest BCUT2D eigenvalue weighted by Gasteiger charge is -2.33. The third kappa shape index (κ3) is 3.93. The molecule has 0 aliphatic heterocycles. The average Bonchev–Trinajstić information content (AvgIpc) is 2.61. The van der Waals surface area contributed by atoms with Crippen LogP contribution in [0.3, 0.4) is 0 Å². The van der Waals surface area contributed by atoms with Gasteiger partial charge in [0.25, 0.3) is 5.91 Å². The molecule has 0 unspecified atom stereocenters. The largest absolute Gasteiger partial charge is 0.350 e. The molecule has 0 bridgehead atoms. The van der Waals surface area contributed by atoms with Crippen molar-refractivity contribution in [2.24, 2.45) is 5.73 Å². The second kappa shape index (κ2) is 6.87. The Morgan fingerprint density at radius 1 is 1.09 bits per heavy atom. The van der Waals surface area contributed by atoms with E-state index < -0.39 is 0 Å². The highest BCUT2D eigenvalue weighted by Crippen LogP contribution is 2.25. The summed E-state index contributed by atoms with van der Waals surface area (Å²) in [6, 6.07) is 9.69. The van der Waals surface area contributed by atoms with Gasteiger partial charge in [0.2, 0.25) is 0 Å². The minimum Gasteiger partial charge on any atom is -0.350 e. The van der Waals surface area contributed by atoms with Crippen LogP contribution in [0, 0.1) is 0 Å². The van der Waals surface area contributed by atoms with Gasteiger partial charge in [0.1, 0.15) is 0 Å². The van der Waals surface area contributed by atoms with Gasteiger partial charge in [-0.1, -0.05) is 49.6 Å². The molecule has 1 aromatic heterocycles. The van der Waals surface area contributed by atoms with Gasteiger partial charge in [-0.3, -0.25) is 4.79 Å². The highest BCUT2D eigenvalue weighted by molar-refractivity contribution is 5.93. The summed E-state index contributed by atoms with van der Waals surface area (Å²) in [6.45, 7) is 0.506. The number of aromatic nitrogens is 2. The Labute approximate surface area is 136 Å². The number of nitrogens with two attached hydrogens (primary N) is 1. The van der Waals surface area contributed by atoms with Gasteiger partial charge in [0, 0.05) is 30.0 Å². The summed E-state index contributed by atoms with van der Waals surface area (Å²) in [7, 11) is 0. The van der Waals surface area contributed by atoms with Crippen LogP contribution in [0.15, 0.2) is 42.7 Å². The van der Waals surface area contributed by atoms with Crippen molar-refractivity contribution in [2.45, 2.75) is 37.6 Å². The van der Waals surface area contributed by atoms with Crippen molar-refractivity contribution in [1.29, 1.82) is 0 Å². The Morgan fingerprint density at radius 3 is 2.39 bits per heavy atom. The normalized spacial score (nSPS) is 16.7. The Balaban J connectivity index is 1.61. The van der Waals surface area contributed by atoms with Gasteiger partial charge in [-0.25, -0.2) is 9.97 Å². The summed E-state index contributed by atoms with van der Waals surface area (Å²) in [5, 5.41) is 2.92. The molecule has 1 aliphatic rings. The summed E-state index contributed by atoms with van der Waals surface area (Å²) >= 11 is 0. The molecule has 1 fully saturated rings. The van der Waals surface area contributed by atoms with Crippen LogP contribution >= 0.6 is 0 Å². The van der Waals surface area contributed by atoms with Gasteiger partial charge in [0.05, 0.1) is 5.56 Å². The van der Waals surface area contributed by atoms with Crippen LogP contribution < -0.4 is 11.1 Å². The smallest absolute Gasteiger partial charge is 0.254 e. The van der Waals surface area contributed by atoms with Crippen molar-refractivity contribution in [1.82, 2.24) is 15.3 Å². The summed E-state index contributed by atoms with van der Waals surface area (Å²) in [6.07, 6.45) is 8.58. The van der Waals surface area contributed by atoms with E-state index in [1.165, 1.54) is 6.42 Å². The predicted molar refractivity (Wildman–Crippen MR) is 89.8 cm³/mol. The first-order valence-electron chi connectivity index (χ1n) is 8.11. The molecule has 1 aromatic carbocycles. The second-order valence-corrected chi connectivity index (χ2v) is 6.27. The van der Waals surface area contributed by atoms with E-state index in [9.17, 15) is 4.79 Å². The van der Waals surface area contributed by atoms with E-state index in [2.05, 4.69) is 15.3 Å². The molecule has 3 N–H and O–H groups in total. The number of rotatable bonds is 4. The SMILES string of the molecule is NC1(CNC(=O)c2cnc(-c3ccccc3)nc2)CCCCC1. The van der Waals surface area contributed by atoms with Crippen LogP contribution in [-0.4, -0.2) is 28.0 Å². The van der Waals surface area contributed by atoms with E-state index in [0.717, 1.165) is 31.2 Å². The third-order valence-corrected chi connectivity index (χ3v) is 4.40. The molecule has 0 atom stereocenters. The van der Waals surface area contributed by atoms with Crippen LogP contribution in [0.25, 0.3) is 11.4 Å². The highest BCUT2D eigenvalue weighted by atomic mass is 16.1. The Morgan fingerprint density at radius 2 is 1.74 bits per heavy atom. The topological polar surface area (TPSA) is 80.9 Å². The van der Waals surface area contributed by atoms with E-state index >= 15 is 0 Å². The first-order valence-corrected chi connectivity index (χ1v) is 8.11. The lowest BCUT2D eigenvalue weighted by molar-refractivity contribution is 0.0937. The monoisotopic (exact) mass is 310 g/mol. The van der Waals surface area contributed by atoms with E-state index in [1.54, 1.807) is 12.4 Å². The van der Waals surface area contributed by atoms with Crippen LogP contribution in [0.2, 0.25) is 0 Å². The van der Waals surface area contributed by atoms with Gasteiger partial charge < -0.3 is 11.1 Å². The minimum absolute atomic E-state index is 0.167. The molecule has 3 rings (SSSR count). The maximum absolute atomic E-state index is 12.2. The minimum atomic E-state index is -0.265. The molecule has 120 valence electrons. The molecule has 2 aromatic rings. The molecule has 5 nitrogen and oxygen atoms in total. The van der Waals surface area contributed by atoms with Crippen LogP contribution in [0.4, 0.5) is 0 Å². The summed E-state index contributed by atoms with van der Waals surface area (Å²) in [4.78, 5) is 20.8. The number of nitrogens with one attached hydrogen (secondary N) is 1. The number of hydrogen-bond donors (Lipinski definition) is 2. The number of hydrogen-bond acceptors (Lipinski definition) is 4. The van der Waals surface area contributed by atoms with Gasteiger partial charge in [-0.2, -0.15) is 0 Å². The standard InChI is InChI=1S/C18H22N4O/c19-18(9-5-2-6-10-18)13-22-17(23)15-11-20-16(21-12-15)14-7-3-1-4-8-14/h1,3-4,7-8,11-12H,2,5-6,9-10,13,19H2,(H,22,23). The number of benzene rings is 1. The van der Waals surface area contributed by atoms with Crippen molar-refractivity contribution in [3.63, 3.8) is 0 Å². The maximum Gasteiger partial charge on any atom is 0.254 e. The van der Waals surface area contributed by atoms with Crippen molar-refractivity contribution in [3.05, 3.63) is 48.3 Å². The van der Waals surface area contributed by atoms with Crippen molar-refractivity contribution < 1.29 is 4.79 Å². The first kappa shape index (κ1) is 15.6. The number of carbonyl (C=O) groups excluding carboxylic acids is 1. The molecule has 1 heterocycles. The number of nitrogens with zero attached hydrogens (tertiary/aromatic N) is 2. The van der Waals surface area contributed by atoms with E-state index in [1.807, 2.05) is 30.3 Å². The zero-order chi connectivity index (χ0) is 16.1. The Hall–Kier alpha value is -2.27. The summed E-state index contributed by atoms with van der Waals surface area (Å²) in [5.41, 5.74) is 7.47. The van der Waals surface area contributed by atoms with Crippen LogP contribution in [-0.2, 0) is 0 Å². The van der Waals surface area contributed by atoms with Crippen LogP contribution in [0.1, 0.15) is 42.5 Å².